The van der Waals surface area contributed by atoms with Gasteiger partial charge in [0.05, 0.1) is 0 Å². The average molecular weight is 253 g/mol. The summed E-state index contributed by atoms with van der Waals surface area (Å²) in [5, 5.41) is 2.91. The Kier molecular flexibility index (Phi) is 5.14. The molecule has 0 aromatic carbocycles. The van der Waals surface area contributed by atoms with Crippen LogP contribution in [0, 0.1) is 0 Å². The fourth-order valence-electron chi connectivity index (χ4n) is 0.856. The Labute approximate surface area is 99.6 Å². The maximum absolute atomic E-state index is 11.5. The van der Waals surface area contributed by atoms with E-state index in [9.17, 15) is 4.79 Å². The summed E-state index contributed by atoms with van der Waals surface area (Å²) in [5.74, 6) is -0.121. The van der Waals surface area contributed by atoms with Gasteiger partial charge in [-0.25, -0.2) is 0 Å². The van der Waals surface area contributed by atoms with E-state index < -0.39 is 5.54 Å². The molecular formula is C9H14Cl2N2O2. The second kappa shape index (κ2) is 5.39. The predicted octanol–water partition coefficient (Wildman–Crippen LogP) is 1.82. The Morgan fingerprint density at radius 1 is 1.60 bits per heavy atom. The summed E-state index contributed by atoms with van der Waals surface area (Å²) in [6, 6.07) is 3.04. The molecule has 0 atom stereocenters. The molecule has 4 nitrogen and oxygen atoms in total. The van der Waals surface area contributed by atoms with E-state index in [1.54, 1.807) is 0 Å². The maximum Gasteiger partial charge on any atom is 0.287 e. The van der Waals surface area contributed by atoms with Crippen LogP contribution in [0.2, 0.25) is 5.22 Å². The Hall–Kier alpha value is -0.710. The molecule has 0 bridgehead atoms. The number of hydrogen-bond acceptors (Lipinski definition) is 3. The van der Waals surface area contributed by atoms with Gasteiger partial charge in [-0.15, -0.1) is 12.4 Å². The Morgan fingerprint density at radius 3 is 2.60 bits per heavy atom. The van der Waals surface area contributed by atoms with Crippen LogP contribution in [0.4, 0.5) is 0 Å². The molecule has 0 saturated carbocycles. The Balaban J connectivity index is 0.00000196. The molecule has 3 N–H and O–H groups in total. The molecule has 6 heteroatoms. The molecule has 1 aromatic rings. The van der Waals surface area contributed by atoms with E-state index in [0.717, 1.165) is 0 Å². The molecule has 0 aliphatic heterocycles. The van der Waals surface area contributed by atoms with Crippen molar-refractivity contribution >= 4 is 29.9 Å². The molecule has 0 spiro atoms. The zero-order valence-electron chi connectivity index (χ0n) is 8.54. The number of carbonyl (C=O) groups excluding carboxylic acids is 1. The SMILES string of the molecule is CC(C)(CN)NC(=O)c1ccc(Cl)o1.Cl. The monoisotopic (exact) mass is 252 g/mol. The Morgan fingerprint density at radius 2 is 2.20 bits per heavy atom. The maximum atomic E-state index is 11.5. The molecule has 1 amide bonds. The number of furan rings is 1. The van der Waals surface area contributed by atoms with Crippen molar-refractivity contribution in [1.82, 2.24) is 5.32 Å². The van der Waals surface area contributed by atoms with Crippen LogP contribution < -0.4 is 11.1 Å². The number of nitrogens with two attached hydrogens (primary N) is 1. The molecule has 0 fully saturated rings. The largest absolute Gasteiger partial charge is 0.440 e. The summed E-state index contributed by atoms with van der Waals surface area (Å²) in [6.07, 6.45) is 0. The van der Waals surface area contributed by atoms with Gasteiger partial charge in [0, 0.05) is 12.1 Å². The normalized spacial score (nSPS) is 10.7. The van der Waals surface area contributed by atoms with Gasteiger partial charge in [-0.1, -0.05) is 0 Å². The van der Waals surface area contributed by atoms with Crippen LogP contribution in [0.5, 0.6) is 0 Å². The lowest BCUT2D eigenvalue weighted by atomic mass is 10.1. The topological polar surface area (TPSA) is 68.3 Å². The van der Waals surface area contributed by atoms with E-state index >= 15 is 0 Å². The van der Waals surface area contributed by atoms with Gasteiger partial charge in [-0.3, -0.25) is 4.79 Å². The van der Waals surface area contributed by atoms with E-state index in [1.165, 1.54) is 12.1 Å². The van der Waals surface area contributed by atoms with Crippen molar-refractivity contribution in [3.8, 4) is 0 Å². The molecule has 86 valence electrons. The molecule has 0 aliphatic carbocycles. The fraction of sp³-hybridized carbons (Fsp3) is 0.444. The lowest BCUT2D eigenvalue weighted by molar-refractivity contribution is 0.0887. The first-order chi connectivity index (χ1) is 6.44. The molecular weight excluding hydrogens is 239 g/mol. The summed E-state index contributed by atoms with van der Waals surface area (Å²) in [4.78, 5) is 11.5. The van der Waals surface area contributed by atoms with Crippen molar-refractivity contribution in [3.05, 3.63) is 23.1 Å². The minimum atomic E-state index is -0.448. The van der Waals surface area contributed by atoms with Gasteiger partial charge in [0.2, 0.25) is 0 Å². The third-order valence-electron chi connectivity index (χ3n) is 1.76. The zero-order valence-corrected chi connectivity index (χ0v) is 10.1. The van der Waals surface area contributed by atoms with Gasteiger partial charge in [0.1, 0.15) is 0 Å². The first-order valence-corrected chi connectivity index (χ1v) is 4.60. The number of hydrogen-bond donors (Lipinski definition) is 2. The molecule has 1 heterocycles. The van der Waals surface area contributed by atoms with Crippen LogP contribution in [0.1, 0.15) is 24.4 Å². The quantitative estimate of drug-likeness (QED) is 0.863. The van der Waals surface area contributed by atoms with Gasteiger partial charge < -0.3 is 15.5 Å². The highest BCUT2D eigenvalue weighted by atomic mass is 35.5. The van der Waals surface area contributed by atoms with E-state index in [2.05, 4.69) is 5.32 Å². The summed E-state index contributed by atoms with van der Waals surface area (Å²) >= 11 is 5.54. The molecule has 1 rings (SSSR count). The lowest BCUT2D eigenvalue weighted by Crippen LogP contribution is -2.48. The first-order valence-electron chi connectivity index (χ1n) is 4.22. The summed E-state index contributed by atoms with van der Waals surface area (Å²) in [5.41, 5.74) is 5.02. The van der Waals surface area contributed by atoms with Crippen LogP contribution in [0.25, 0.3) is 0 Å². The fourth-order valence-corrected chi connectivity index (χ4v) is 1.00. The van der Waals surface area contributed by atoms with Crippen molar-refractivity contribution < 1.29 is 9.21 Å². The van der Waals surface area contributed by atoms with Gasteiger partial charge >= 0.3 is 0 Å². The highest BCUT2D eigenvalue weighted by Crippen LogP contribution is 2.13. The van der Waals surface area contributed by atoms with Gasteiger partial charge in [-0.2, -0.15) is 0 Å². The van der Waals surface area contributed by atoms with Crippen molar-refractivity contribution in [2.24, 2.45) is 5.73 Å². The minimum absolute atomic E-state index is 0. The minimum Gasteiger partial charge on any atom is -0.440 e. The van der Waals surface area contributed by atoms with Crippen molar-refractivity contribution in [2.75, 3.05) is 6.54 Å². The lowest BCUT2D eigenvalue weighted by Gasteiger charge is -2.23. The highest BCUT2D eigenvalue weighted by molar-refractivity contribution is 6.29. The smallest absolute Gasteiger partial charge is 0.287 e. The van der Waals surface area contributed by atoms with Crippen molar-refractivity contribution in [1.29, 1.82) is 0 Å². The van der Waals surface area contributed by atoms with Gasteiger partial charge in [0.15, 0.2) is 11.0 Å². The number of rotatable bonds is 3. The number of halogens is 2. The summed E-state index contributed by atoms with van der Waals surface area (Å²) < 4.78 is 4.95. The molecule has 0 radical (unpaired) electrons. The summed E-state index contributed by atoms with van der Waals surface area (Å²) in [7, 11) is 0. The van der Waals surface area contributed by atoms with E-state index in [4.69, 9.17) is 21.8 Å². The van der Waals surface area contributed by atoms with E-state index in [1.807, 2.05) is 13.8 Å². The standard InChI is InChI=1S/C9H13ClN2O2.ClH/c1-9(2,5-11)12-8(13)6-3-4-7(10)14-6;/h3-4H,5,11H2,1-2H3,(H,12,13);1H. The van der Waals surface area contributed by atoms with Gasteiger partial charge in [0.25, 0.3) is 5.91 Å². The zero-order chi connectivity index (χ0) is 10.8. The first kappa shape index (κ1) is 14.3. The molecule has 0 saturated heterocycles. The highest BCUT2D eigenvalue weighted by Gasteiger charge is 2.20. The number of carbonyl (C=O) groups is 1. The molecule has 0 unspecified atom stereocenters. The molecule has 0 aliphatic rings. The van der Waals surface area contributed by atoms with Crippen LogP contribution in [-0.2, 0) is 0 Å². The van der Waals surface area contributed by atoms with E-state index in [-0.39, 0.29) is 29.3 Å². The number of nitrogens with one attached hydrogen (secondary N) is 1. The van der Waals surface area contributed by atoms with E-state index in [0.29, 0.717) is 6.54 Å². The predicted molar refractivity (Wildman–Crippen MR) is 61.6 cm³/mol. The van der Waals surface area contributed by atoms with Crippen LogP contribution in [0.3, 0.4) is 0 Å². The Bertz CT molecular complexity index is 337. The molecule has 1 aromatic heterocycles. The third-order valence-corrected chi connectivity index (χ3v) is 1.96. The van der Waals surface area contributed by atoms with Gasteiger partial charge in [-0.05, 0) is 37.6 Å². The molecule has 15 heavy (non-hydrogen) atoms. The van der Waals surface area contributed by atoms with Crippen molar-refractivity contribution in [3.63, 3.8) is 0 Å². The third kappa shape index (κ3) is 4.11. The van der Waals surface area contributed by atoms with Crippen LogP contribution in [0.15, 0.2) is 16.5 Å². The second-order valence-corrected chi connectivity index (χ2v) is 4.02. The average Bonchev–Trinajstić information content (AvgIpc) is 2.51. The van der Waals surface area contributed by atoms with Crippen LogP contribution >= 0.6 is 24.0 Å². The second-order valence-electron chi connectivity index (χ2n) is 3.65. The van der Waals surface area contributed by atoms with Crippen molar-refractivity contribution in [2.45, 2.75) is 19.4 Å². The summed E-state index contributed by atoms with van der Waals surface area (Å²) in [6.45, 7) is 4.01. The number of amides is 1. The van der Waals surface area contributed by atoms with Crippen LogP contribution in [-0.4, -0.2) is 18.0 Å².